The summed E-state index contributed by atoms with van der Waals surface area (Å²) in [5, 5.41) is 0. The first kappa shape index (κ1) is 19.5. The van der Waals surface area contributed by atoms with Crippen LogP contribution >= 0.6 is 0 Å². The van der Waals surface area contributed by atoms with Gasteiger partial charge in [-0.15, -0.1) is 0 Å². The Kier molecular flexibility index (Phi) is 4.23. The van der Waals surface area contributed by atoms with Crippen molar-refractivity contribution in [2.45, 2.75) is 84.0 Å². The fourth-order valence-corrected chi connectivity index (χ4v) is 8.19. The molecule has 160 valence electrons. The first-order valence-corrected chi connectivity index (χ1v) is 11.2. The standard InChI is InChI=1S/C23H32O6/c1-13(24)28-20-8-15-4-5-17-18(6-7-21(3)10-16(26)9-19(17)21)22(15)11-23(20,27-12-22)29-14(2)25/h15,17-20H,4-12H2,1-3H3. The Bertz CT molecular complexity index is 762. The van der Waals surface area contributed by atoms with Gasteiger partial charge in [0.1, 0.15) is 5.78 Å². The molecule has 0 amide bonds. The third-order valence-corrected chi connectivity index (χ3v) is 9.18. The van der Waals surface area contributed by atoms with Gasteiger partial charge < -0.3 is 14.2 Å². The van der Waals surface area contributed by atoms with Crippen molar-refractivity contribution < 1.29 is 28.6 Å². The number of rotatable bonds is 2. The molecular formula is C23H32O6. The SMILES string of the molecule is CC(=O)OC1CC2CCC3C4CC(=O)CC4(C)CCC3C23COC1(OC(C)=O)C3. The average Bonchev–Trinajstić information content (AvgIpc) is 3.10. The maximum Gasteiger partial charge on any atom is 0.305 e. The summed E-state index contributed by atoms with van der Waals surface area (Å²) in [6.07, 6.45) is 6.63. The zero-order valence-electron chi connectivity index (χ0n) is 17.7. The first-order valence-electron chi connectivity index (χ1n) is 11.2. The molecule has 0 N–H and O–H groups in total. The number of hydrogen-bond donors (Lipinski definition) is 0. The number of fused-ring (bicyclic) bond motifs is 4. The Morgan fingerprint density at radius 2 is 1.90 bits per heavy atom. The minimum atomic E-state index is -1.15. The fraction of sp³-hybridized carbons (Fsp3) is 0.870. The van der Waals surface area contributed by atoms with Crippen molar-refractivity contribution in [2.24, 2.45) is 34.5 Å². The number of ether oxygens (including phenoxy) is 3. The third-order valence-electron chi connectivity index (χ3n) is 9.18. The molecule has 4 aliphatic carbocycles. The molecule has 5 fully saturated rings. The summed E-state index contributed by atoms with van der Waals surface area (Å²) in [6, 6.07) is 0. The molecule has 0 aromatic heterocycles. The minimum absolute atomic E-state index is 0.0397. The zero-order chi connectivity index (χ0) is 20.6. The van der Waals surface area contributed by atoms with Crippen molar-refractivity contribution >= 4 is 17.7 Å². The average molecular weight is 405 g/mol. The highest BCUT2D eigenvalue weighted by Crippen LogP contribution is 2.69. The predicted molar refractivity (Wildman–Crippen MR) is 102 cm³/mol. The van der Waals surface area contributed by atoms with Crippen LogP contribution in [0.2, 0.25) is 0 Å². The molecular weight excluding hydrogens is 372 g/mol. The van der Waals surface area contributed by atoms with Gasteiger partial charge >= 0.3 is 11.9 Å². The van der Waals surface area contributed by atoms with Crippen LogP contribution in [0.5, 0.6) is 0 Å². The van der Waals surface area contributed by atoms with Crippen molar-refractivity contribution in [2.75, 3.05) is 6.61 Å². The molecule has 8 unspecified atom stereocenters. The normalized spacial score (nSPS) is 50.3. The number of ketones is 1. The second-order valence-corrected chi connectivity index (χ2v) is 10.7. The maximum absolute atomic E-state index is 12.3. The van der Waals surface area contributed by atoms with Gasteiger partial charge in [0.15, 0.2) is 6.10 Å². The van der Waals surface area contributed by atoms with Gasteiger partial charge in [-0.05, 0) is 61.2 Å². The van der Waals surface area contributed by atoms with Gasteiger partial charge in [0.25, 0.3) is 5.79 Å². The number of hydrogen-bond acceptors (Lipinski definition) is 6. The summed E-state index contributed by atoms with van der Waals surface area (Å²) in [4.78, 5) is 36.0. The van der Waals surface area contributed by atoms with Crippen molar-refractivity contribution in [1.29, 1.82) is 0 Å². The Morgan fingerprint density at radius 1 is 1.10 bits per heavy atom. The Labute approximate surface area is 172 Å². The lowest BCUT2D eigenvalue weighted by atomic mass is 9.45. The van der Waals surface area contributed by atoms with Crippen molar-refractivity contribution in [3.8, 4) is 0 Å². The van der Waals surface area contributed by atoms with Crippen molar-refractivity contribution in [3.63, 3.8) is 0 Å². The van der Waals surface area contributed by atoms with Gasteiger partial charge in [-0.1, -0.05) is 6.92 Å². The van der Waals surface area contributed by atoms with Crippen LogP contribution in [0.1, 0.15) is 72.1 Å². The zero-order valence-corrected chi connectivity index (χ0v) is 17.7. The van der Waals surface area contributed by atoms with E-state index in [-0.39, 0.29) is 16.8 Å². The number of Topliss-reactive ketones (excluding diaryl/α,β-unsaturated/α-hetero) is 1. The van der Waals surface area contributed by atoms with E-state index in [2.05, 4.69) is 6.92 Å². The molecule has 1 aliphatic heterocycles. The second-order valence-electron chi connectivity index (χ2n) is 10.7. The van der Waals surface area contributed by atoms with E-state index < -0.39 is 17.9 Å². The van der Waals surface area contributed by atoms with Crippen LogP contribution in [0.15, 0.2) is 0 Å². The first-order chi connectivity index (χ1) is 13.7. The van der Waals surface area contributed by atoms with Gasteiger partial charge in [-0.25, -0.2) is 0 Å². The van der Waals surface area contributed by atoms with Crippen LogP contribution in [-0.4, -0.2) is 36.2 Å². The molecule has 5 rings (SSSR count). The van der Waals surface area contributed by atoms with E-state index in [1.807, 2.05) is 0 Å². The van der Waals surface area contributed by atoms with E-state index in [4.69, 9.17) is 14.2 Å². The Hall–Kier alpha value is -1.43. The van der Waals surface area contributed by atoms with Gasteiger partial charge in [-0.2, -0.15) is 0 Å². The summed E-state index contributed by atoms with van der Waals surface area (Å²) < 4.78 is 17.6. The smallest absolute Gasteiger partial charge is 0.305 e. The van der Waals surface area contributed by atoms with Crippen molar-refractivity contribution in [1.82, 2.24) is 0 Å². The lowest BCUT2D eigenvalue weighted by Crippen LogP contribution is -2.59. The van der Waals surface area contributed by atoms with E-state index in [9.17, 15) is 14.4 Å². The largest absolute Gasteiger partial charge is 0.456 e. The highest BCUT2D eigenvalue weighted by molar-refractivity contribution is 5.82. The number of esters is 2. The van der Waals surface area contributed by atoms with Crippen LogP contribution < -0.4 is 0 Å². The predicted octanol–water partition coefficient (Wildman–Crippen LogP) is 3.41. The molecule has 1 saturated heterocycles. The molecule has 4 saturated carbocycles. The lowest BCUT2D eigenvalue weighted by molar-refractivity contribution is -0.264. The Balaban J connectivity index is 1.48. The van der Waals surface area contributed by atoms with Gasteiger partial charge in [-0.3, -0.25) is 14.4 Å². The van der Waals surface area contributed by atoms with E-state index in [1.165, 1.54) is 13.8 Å². The van der Waals surface area contributed by atoms with E-state index in [1.54, 1.807) is 0 Å². The second kappa shape index (κ2) is 6.29. The third kappa shape index (κ3) is 2.74. The topological polar surface area (TPSA) is 78.9 Å². The van der Waals surface area contributed by atoms with Gasteiger partial charge in [0, 0.05) is 38.5 Å². The summed E-state index contributed by atoms with van der Waals surface area (Å²) in [7, 11) is 0. The lowest BCUT2D eigenvalue weighted by Gasteiger charge is -2.59. The highest BCUT2D eigenvalue weighted by atomic mass is 16.7. The Morgan fingerprint density at radius 3 is 2.62 bits per heavy atom. The van der Waals surface area contributed by atoms with E-state index in [0.29, 0.717) is 48.9 Å². The van der Waals surface area contributed by atoms with Gasteiger partial charge in [0.05, 0.1) is 6.61 Å². The summed E-state index contributed by atoms with van der Waals surface area (Å²) in [6.45, 7) is 5.66. The molecule has 2 bridgehead atoms. The van der Waals surface area contributed by atoms with Crippen LogP contribution in [-0.2, 0) is 28.6 Å². The van der Waals surface area contributed by atoms with Crippen molar-refractivity contribution in [3.05, 3.63) is 0 Å². The molecule has 6 nitrogen and oxygen atoms in total. The molecule has 5 aliphatic rings. The molecule has 0 aromatic carbocycles. The van der Waals surface area contributed by atoms with Gasteiger partial charge in [0.2, 0.25) is 0 Å². The quantitative estimate of drug-likeness (QED) is 0.656. The van der Waals surface area contributed by atoms with E-state index in [0.717, 1.165) is 38.5 Å². The summed E-state index contributed by atoms with van der Waals surface area (Å²) in [5.41, 5.74) is 0.116. The minimum Gasteiger partial charge on any atom is -0.456 e. The fourth-order valence-electron chi connectivity index (χ4n) is 8.19. The monoisotopic (exact) mass is 404 g/mol. The highest BCUT2D eigenvalue weighted by Gasteiger charge is 2.70. The summed E-state index contributed by atoms with van der Waals surface area (Å²) >= 11 is 0. The maximum atomic E-state index is 12.3. The molecule has 29 heavy (non-hydrogen) atoms. The number of carbonyl (C=O) groups excluding carboxylic acids is 3. The van der Waals surface area contributed by atoms with Crippen LogP contribution in [0.25, 0.3) is 0 Å². The molecule has 0 radical (unpaired) electrons. The molecule has 0 aromatic rings. The van der Waals surface area contributed by atoms with E-state index >= 15 is 0 Å². The van der Waals surface area contributed by atoms with Crippen LogP contribution in [0, 0.1) is 34.5 Å². The molecule has 1 spiro atoms. The van der Waals surface area contributed by atoms with Crippen LogP contribution in [0.4, 0.5) is 0 Å². The number of carbonyl (C=O) groups is 3. The molecule has 8 atom stereocenters. The molecule has 6 heteroatoms. The summed E-state index contributed by atoms with van der Waals surface area (Å²) in [5.74, 6) is 0.411. The van der Waals surface area contributed by atoms with Crippen LogP contribution in [0.3, 0.4) is 0 Å². The molecule has 1 heterocycles.